The van der Waals surface area contributed by atoms with Crippen LogP contribution in [0.5, 0.6) is 0 Å². The SMILES string of the molecule is CCOC(=S)N(CC)CC.Cl.Cl.NC(O)=S. The summed E-state index contributed by atoms with van der Waals surface area (Å²) in [4.78, 5) is 2.01. The van der Waals surface area contributed by atoms with E-state index in [1.165, 1.54) is 0 Å². The molecule has 0 unspecified atom stereocenters. The van der Waals surface area contributed by atoms with E-state index in [9.17, 15) is 0 Å². The molecule has 0 aliphatic carbocycles. The van der Waals surface area contributed by atoms with Gasteiger partial charge in [-0.3, -0.25) is 0 Å². The van der Waals surface area contributed by atoms with Gasteiger partial charge in [-0.2, -0.15) is 0 Å². The summed E-state index contributed by atoms with van der Waals surface area (Å²) in [7, 11) is 0. The third kappa shape index (κ3) is 19.5. The number of thiocarbonyl (C=S) groups is 2. The monoisotopic (exact) mass is 310 g/mol. The molecular formula is C8H20Cl2N2O2S2. The summed E-state index contributed by atoms with van der Waals surface area (Å²) < 4.78 is 5.14. The van der Waals surface area contributed by atoms with Gasteiger partial charge in [0.1, 0.15) is 0 Å². The maximum absolute atomic E-state index is 7.56. The standard InChI is InChI=1S/C7H15NOS.CH3NOS.2ClH/c1-4-8(5-2)7(10)9-6-3;2-1(3)4;;/h4-6H2,1-3H3;(H3,2,3,4);2*1H. The molecule has 8 heteroatoms. The second-order valence-corrected chi connectivity index (χ2v) is 2.98. The topological polar surface area (TPSA) is 58.7 Å². The number of halogens is 2. The minimum absolute atomic E-state index is 0. The third-order valence-electron chi connectivity index (χ3n) is 1.29. The van der Waals surface area contributed by atoms with Crippen LogP contribution in [0.15, 0.2) is 0 Å². The lowest BCUT2D eigenvalue weighted by molar-refractivity contribution is 0.264. The molecule has 0 aromatic carbocycles. The van der Waals surface area contributed by atoms with Crippen LogP contribution in [0.25, 0.3) is 0 Å². The van der Waals surface area contributed by atoms with Crippen LogP contribution in [0.1, 0.15) is 20.8 Å². The van der Waals surface area contributed by atoms with E-state index in [4.69, 9.17) is 22.1 Å². The second-order valence-electron chi connectivity index (χ2n) is 2.21. The van der Waals surface area contributed by atoms with Gasteiger partial charge in [-0.1, -0.05) is 0 Å². The Hall–Kier alpha value is -0.0400. The highest BCUT2D eigenvalue weighted by Crippen LogP contribution is 1.92. The molecule has 0 aromatic heterocycles. The van der Waals surface area contributed by atoms with Crippen LogP contribution in [-0.2, 0) is 4.74 Å². The first-order chi connectivity index (χ1) is 6.49. The summed E-state index contributed by atoms with van der Waals surface area (Å²) in [6, 6.07) is 0. The summed E-state index contributed by atoms with van der Waals surface area (Å²) in [6.45, 7) is 8.58. The summed E-state index contributed by atoms with van der Waals surface area (Å²) in [5, 5.41) is 7.68. The number of ether oxygens (including phenoxy) is 1. The number of hydrogen-bond acceptors (Lipinski definition) is 3. The van der Waals surface area contributed by atoms with Crippen molar-refractivity contribution in [2.45, 2.75) is 20.8 Å². The van der Waals surface area contributed by atoms with Gasteiger partial charge in [0, 0.05) is 13.1 Å². The van der Waals surface area contributed by atoms with E-state index in [0.717, 1.165) is 13.1 Å². The highest BCUT2D eigenvalue weighted by Gasteiger charge is 2.03. The van der Waals surface area contributed by atoms with E-state index < -0.39 is 5.17 Å². The Morgan fingerprint density at radius 1 is 1.19 bits per heavy atom. The van der Waals surface area contributed by atoms with Gasteiger partial charge in [0.05, 0.1) is 6.61 Å². The lowest BCUT2D eigenvalue weighted by Gasteiger charge is -2.20. The van der Waals surface area contributed by atoms with Crippen molar-refractivity contribution < 1.29 is 9.84 Å². The number of aliphatic hydroxyl groups excluding tert-OH is 1. The lowest BCUT2D eigenvalue weighted by atomic mass is 10.6. The van der Waals surface area contributed by atoms with Crippen LogP contribution in [0.2, 0.25) is 0 Å². The van der Waals surface area contributed by atoms with E-state index in [2.05, 4.69) is 31.8 Å². The zero-order valence-corrected chi connectivity index (χ0v) is 12.9. The first kappa shape index (κ1) is 25.0. The molecule has 0 fully saturated rings. The van der Waals surface area contributed by atoms with Gasteiger partial charge in [0.2, 0.25) is 0 Å². The Morgan fingerprint density at radius 3 is 1.69 bits per heavy atom. The molecule has 4 nitrogen and oxygen atoms in total. The molecule has 0 aliphatic rings. The van der Waals surface area contributed by atoms with Gasteiger partial charge in [0.25, 0.3) is 10.3 Å². The van der Waals surface area contributed by atoms with Crippen molar-refractivity contribution in [3.63, 3.8) is 0 Å². The maximum Gasteiger partial charge on any atom is 0.259 e. The van der Waals surface area contributed by atoms with Crippen LogP contribution in [0, 0.1) is 0 Å². The minimum Gasteiger partial charge on any atom is -0.487 e. The van der Waals surface area contributed by atoms with Gasteiger partial charge < -0.3 is 20.5 Å². The van der Waals surface area contributed by atoms with Crippen LogP contribution in [-0.4, -0.2) is 40.1 Å². The van der Waals surface area contributed by atoms with Crippen LogP contribution >= 0.6 is 49.2 Å². The maximum atomic E-state index is 7.56. The summed E-state index contributed by atoms with van der Waals surface area (Å²) in [6.07, 6.45) is 0. The molecule has 0 bridgehead atoms. The predicted molar refractivity (Wildman–Crippen MR) is 81.1 cm³/mol. The van der Waals surface area contributed by atoms with E-state index in [1.54, 1.807) is 0 Å². The summed E-state index contributed by atoms with van der Waals surface area (Å²) in [5.41, 5.74) is 4.40. The van der Waals surface area contributed by atoms with E-state index >= 15 is 0 Å². The fourth-order valence-electron chi connectivity index (χ4n) is 0.697. The number of nitrogens with two attached hydrogens (primary N) is 1. The molecule has 0 heterocycles. The number of aliphatic hydroxyl groups is 1. The van der Waals surface area contributed by atoms with E-state index in [-0.39, 0.29) is 24.8 Å². The lowest BCUT2D eigenvalue weighted by Crippen LogP contribution is -2.30. The smallest absolute Gasteiger partial charge is 0.259 e. The molecular weight excluding hydrogens is 291 g/mol. The molecule has 0 saturated carbocycles. The Balaban J connectivity index is -0.000000105. The molecule has 0 atom stereocenters. The largest absolute Gasteiger partial charge is 0.487 e. The van der Waals surface area contributed by atoms with Crippen LogP contribution in [0.4, 0.5) is 0 Å². The zero-order chi connectivity index (χ0) is 11.6. The molecule has 0 radical (unpaired) electrons. The minimum atomic E-state index is -0.500. The van der Waals surface area contributed by atoms with Crippen molar-refractivity contribution in [2.75, 3.05) is 19.7 Å². The average molecular weight is 311 g/mol. The highest BCUT2D eigenvalue weighted by molar-refractivity contribution is 7.80. The van der Waals surface area contributed by atoms with Gasteiger partial charge in [-0.15, -0.1) is 24.8 Å². The zero-order valence-electron chi connectivity index (χ0n) is 9.63. The van der Waals surface area contributed by atoms with Gasteiger partial charge >= 0.3 is 0 Å². The van der Waals surface area contributed by atoms with Crippen LogP contribution in [0.3, 0.4) is 0 Å². The Labute approximate surface area is 120 Å². The van der Waals surface area contributed by atoms with Crippen LogP contribution < -0.4 is 5.73 Å². The molecule has 3 N–H and O–H groups in total. The quantitative estimate of drug-likeness (QED) is 0.780. The molecule has 16 heavy (non-hydrogen) atoms. The second kappa shape index (κ2) is 17.4. The van der Waals surface area contributed by atoms with Crippen molar-refractivity contribution >= 4 is 59.6 Å². The van der Waals surface area contributed by atoms with E-state index in [1.807, 2.05) is 11.8 Å². The average Bonchev–Trinajstić information content (AvgIpc) is 2.06. The first-order valence-electron chi connectivity index (χ1n) is 4.39. The van der Waals surface area contributed by atoms with Gasteiger partial charge in [-0.25, -0.2) is 0 Å². The summed E-state index contributed by atoms with van der Waals surface area (Å²) >= 11 is 8.85. The fourth-order valence-corrected chi connectivity index (χ4v) is 1.07. The first-order valence-corrected chi connectivity index (χ1v) is 5.21. The van der Waals surface area contributed by atoms with Crippen molar-refractivity contribution in [1.82, 2.24) is 4.90 Å². The Bertz CT molecular complexity index is 177. The normalized spacial score (nSPS) is 7.19. The number of rotatable bonds is 3. The van der Waals surface area contributed by atoms with Crippen molar-refractivity contribution in [3.8, 4) is 0 Å². The predicted octanol–water partition coefficient (Wildman–Crippen LogP) is 2.28. The van der Waals surface area contributed by atoms with Gasteiger partial charge in [-0.05, 0) is 45.2 Å². The van der Waals surface area contributed by atoms with Crippen molar-refractivity contribution in [2.24, 2.45) is 5.73 Å². The molecule has 0 rings (SSSR count). The van der Waals surface area contributed by atoms with E-state index in [0.29, 0.717) is 11.8 Å². The molecule has 100 valence electrons. The Kier molecular flexibility index (Phi) is 27.1. The fraction of sp³-hybridized carbons (Fsp3) is 0.750. The highest BCUT2D eigenvalue weighted by atomic mass is 35.5. The number of hydrogen-bond donors (Lipinski definition) is 2. The summed E-state index contributed by atoms with van der Waals surface area (Å²) in [5.74, 6) is 0. The molecule has 0 aromatic rings. The number of nitrogens with zero attached hydrogens (tertiary/aromatic N) is 1. The molecule has 0 spiro atoms. The molecule has 0 amide bonds. The van der Waals surface area contributed by atoms with Gasteiger partial charge in [0.15, 0.2) is 0 Å². The van der Waals surface area contributed by atoms with Crippen molar-refractivity contribution in [1.29, 1.82) is 0 Å². The third-order valence-corrected chi connectivity index (χ3v) is 1.67. The van der Waals surface area contributed by atoms with Crippen molar-refractivity contribution in [3.05, 3.63) is 0 Å². The molecule has 0 aliphatic heterocycles. The molecule has 0 saturated heterocycles. The Morgan fingerprint density at radius 2 is 1.50 bits per heavy atom.